The average molecular weight is 435 g/mol. The number of hydrogen-bond donors (Lipinski definition) is 2. The van der Waals surface area contributed by atoms with E-state index in [1.165, 1.54) is 12.3 Å². The first-order valence-electron chi connectivity index (χ1n) is 9.82. The Balaban J connectivity index is 1.48. The molecule has 0 atom stereocenters. The Bertz CT molecular complexity index is 916. The van der Waals surface area contributed by atoms with Gasteiger partial charge in [0, 0.05) is 51.1 Å². The quantitative estimate of drug-likeness (QED) is 0.516. The van der Waals surface area contributed by atoms with Gasteiger partial charge in [-0.25, -0.2) is 4.98 Å². The summed E-state index contributed by atoms with van der Waals surface area (Å²) in [6.45, 7) is 0.223. The van der Waals surface area contributed by atoms with Crippen molar-refractivity contribution in [2.24, 2.45) is 4.99 Å². The lowest BCUT2D eigenvalue weighted by molar-refractivity contribution is -0.154. The minimum atomic E-state index is -4.41. The van der Waals surface area contributed by atoms with Crippen LogP contribution in [-0.4, -0.2) is 43.2 Å². The molecule has 2 heterocycles. The Kier molecular flexibility index (Phi) is 7.32. The predicted molar refractivity (Wildman–Crippen MR) is 111 cm³/mol. The highest BCUT2D eigenvalue weighted by molar-refractivity contribution is 5.95. The molecular weight excluding hydrogens is 411 g/mol. The standard InChI is InChI=1S/C21H24F3N5O2/c1-25-20(28-13-16-8-9-26-18(11-16)31-14-21(22,23)24)27-12-15-4-6-17(7-5-15)29-10-2-3-19(29)30/h4-9,11H,2-3,10,12-14H2,1H3,(H2,25,27,28). The summed E-state index contributed by atoms with van der Waals surface area (Å²) in [4.78, 5) is 21.6. The second kappa shape index (κ2) is 10.1. The summed E-state index contributed by atoms with van der Waals surface area (Å²) in [5.41, 5.74) is 2.62. The summed E-state index contributed by atoms with van der Waals surface area (Å²) in [6, 6.07) is 10.9. The van der Waals surface area contributed by atoms with Crippen molar-refractivity contribution in [1.82, 2.24) is 15.6 Å². The van der Waals surface area contributed by atoms with Gasteiger partial charge in [-0.3, -0.25) is 9.79 Å². The largest absolute Gasteiger partial charge is 0.468 e. The third kappa shape index (κ3) is 6.87. The van der Waals surface area contributed by atoms with Gasteiger partial charge in [-0.15, -0.1) is 0 Å². The van der Waals surface area contributed by atoms with E-state index in [2.05, 4.69) is 25.3 Å². The minimum Gasteiger partial charge on any atom is -0.468 e. The zero-order valence-electron chi connectivity index (χ0n) is 17.1. The number of halogens is 3. The topological polar surface area (TPSA) is 78.9 Å². The second-order valence-corrected chi connectivity index (χ2v) is 7.00. The van der Waals surface area contributed by atoms with Gasteiger partial charge < -0.3 is 20.3 Å². The van der Waals surface area contributed by atoms with E-state index in [4.69, 9.17) is 0 Å². The first kappa shape index (κ1) is 22.4. The van der Waals surface area contributed by atoms with Gasteiger partial charge in [0.1, 0.15) is 0 Å². The molecule has 0 aliphatic carbocycles. The van der Waals surface area contributed by atoms with Crippen LogP contribution in [0.25, 0.3) is 0 Å². The maximum Gasteiger partial charge on any atom is 0.422 e. The summed E-state index contributed by atoms with van der Waals surface area (Å²) >= 11 is 0. The number of rotatable bonds is 7. The molecule has 0 spiro atoms. The van der Waals surface area contributed by atoms with E-state index in [0.29, 0.717) is 31.0 Å². The molecule has 3 rings (SSSR count). The molecular formula is C21H24F3N5O2. The van der Waals surface area contributed by atoms with Crippen LogP contribution in [0, 0.1) is 0 Å². The highest BCUT2D eigenvalue weighted by Gasteiger charge is 2.28. The van der Waals surface area contributed by atoms with Gasteiger partial charge in [-0.05, 0) is 35.7 Å². The van der Waals surface area contributed by atoms with Crippen molar-refractivity contribution >= 4 is 17.6 Å². The van der Waals surface area contributed by atoms with Gasteiger partial charge >= 0.3 is 6.18 Å². The molecule has 0 saturated carbocycles. The average Bonchev–Trinajstić information content (AvgIpc) is 3.18. The fraction of sp³-hybridized carbons (Fsp3) is 0.381. The molecule has 2 N–H and O–H groups in total. The molecule has 2 aromatic rings. The van der Waals surface area contributed by atoms with Gasteiger partial charge in [0.15, 0.2) is 12.6 Å². The molecule has 0 unspecified atom stereocenters. The van der Waals surface area contributed by atoms with Crippen molar-refractivity contribution in [3.05, 3.63) is 53.7 Å². The number of nitrogens with zero attached hydrogens (tertiary/aromatic N) is 3. The molecule has 1 saturated heterocycles. The van der Waals surface area contributed by atoms with Crippen LogP contribution in [0.3, 0.4) is 0 Å². The summed E-state index contributed by atoms with van der Waals surface area (Å²) in [5.74, 6) is 0.600. The van der Waals surface area contributed by atoms with E-state index < -0.39 is 12.8 Å². The van der Waals surface area contributed by atoms with Crippen LogP contribution in [-0.2, 0) is 17.9 Å². The number of alkyl halides is 3. The van der Waals surface area contributed by atoms with E-state index in [1.54, 1.807) is 18.0 Å². The van der Waals surface area contributed by atoms with Gasteiger partial charge in [-0.1, -0.05) is 12.1 Å². The Labute approximate surface area is 178 Å². The van der Waals surface area contributed by atoms with E-state index >= 15 is 0 Å². The third-order valence-corrected chi connectivity index (χ3v) is 4.65. The lowest BCUT2D eigenvalue weighted by Crippen LogP contribution is -2.36. The van der Waals surface area contributed by atoms with E-state index in [0.717, 1.165) is 24.2 Å². The fourth-order valence-corrected chi connectivity index (χ4v) is 3.10. The zero-order chi connectivity index (χ0) is 22.3. The number of carbonyl (C=O) groups excluding carboxylic acids is 1. The van der Waals surface area contributed by atoms with Crippen LogP contribution in [0.15, 0.2) is 47.6 Å². The molecule has 1 amide bonds. The number of anilines is 1. The SMILES string of the molecule is CN=C(NCc1ccc(N2CCCC2=O)cc1)NCc1ccnc(OCC(F)(F)F)c1. The molecule has 10 heteroatoms. The van der Waals surface area contributed by atoms with Crippen molar-refractivity contribution in [2.45, 2.75) is 32.1 Å². The van der Waals surface area contributed by atoms with Gasteiger partial charge in [0.2, 0.25) is 11.8 Å². The predicted octanol–water partition coefficient (Wildman–Crippen LogP) is 3.01. The number of carbonyl (C=O) groups is 1. The fourth-order valence-electron chi connectivity index (χ4n) is 3.10. The number of hydrogen-bond acceptors (Lipinski definition) is 4. The summed E-state index contributed by atoms with van der Waals surface area (Å²) < 4.78 is 41.5. The van der Waals surface area contributed by atoms with Gasteiger partial charge in [0.25, 0.3) is 0 Å². The van der Waals surface area contributed by atoms with Crippen molar-refractivity contribution in [1.29, 1.82) is 0 Å². The first-order chi connectivity index (χ1) is 14.8. The molecule has 1 aromatic carbocycles. The van der Waals surface area contributed by atoms with Crippen LogP contribution in [0.1, 0.15) is 24.0 Å². The number of benzene rings is 1. The van der Waals surface area contributed by atoms with Crippen molar-refractivity contribution in [3.8, 4) is 5.88 Å². The summed E-state index contributed by atoms with van der Waals surface area (Å²) in [6.07, 6.45) is -1.54. The molecule has 166 valence electrons. The van der Waals surface area contributed by atoms with Crippen LogP contribution >= 0.6 is 0 Å². The van der Waals surface area contributed by atoms with Crippen LogP contribution in [0.4, 0.5) is 18.9 Å². The molecule has 1 aliphatic rings. The Morgan fingerprint density at radius 1 is 1.16 bits per heavy atom. The highest BCUT2D eigenvalue weighted by atomic mass is 19.4. The van der Waals surface area contributed by atoms with Crippen molar-refractivity contribution in [3.63, 3.8) is 0 Å². The number of aliphatic imine (C=N–C) groups is 1. The number of nitrogens with one attached hydrogen (secondary N) is 2. The third-order valence-electron chi connectivity index (χ3n) is 4.65. The molecule has 0 radical (unpaired) electrons. The molecule has 7 nitrogen and oxygen atoms in total. The van der Waals surface area contributed by atoms with Gasteiger partial charge in [0.05, 0.1) is 0 Å². The van der Waals surface area contributed by atoms with E-state index in [1.807, 2.05) is 24.3 Å². The van der Waals surface area contributed by atoms with E-state index in [9.17, 15) is 18.0 Å². The Morgan fingerprint density at radius 2 is 1.87 bits per heavy atom. The molecule has 31 heavy (non-hydrogen) atoms. The first-order valence-corrected chi connectivity index (χ1v) is 9.82. The van der Waals surface area contributed by atoms with Crippen molar-refractivity contribution < 1.29 is 22.7 Å². The lowest BCUT2D eigenvalue weighted by atomic mass is 10.2. The maximum absolute atomic E-state index is 12.3. The van der Waals surface area contributed by atoms with Crippen LogP contribution in [0.5, 0.6) is 5.88 Å². The summed E-state index contributed by atoms with van der Waals surface area (Å²) in [7, 11) is 1.63. The molecule has 0 bridgehead atoms. The molecule has 1 aromatic heterocycles. The molecule has 1 aliphatic heterocycles. The highest BCUT2D eigenvalue weighted by Crippen LogP contribution is 2.21. The normalized spacial score (nSPS) is 14.6. The number of aromatic nitrogens is 1. The van der Waals surface area contributed by atoms with Crippen molar-refractivity contribution in [2.75, 3.05) is 25.1 Å². The lowest BCUT2D eigenvalue weighted by Gasteiger charge is -2.16. The maximum atomic E-state index is 12.3. The summed E-state index contributed by atoms with van der Waals surface area (Å²) in [5, 5.41) is 6.27. The Morgan fingerprint density at radius 3 is 2.48 bits per heavy atom. The smallest absolute Gasteiger partial charge is 0.422 e. The number of ether oxygens (including phenoxy) is 1. The minimum absolute atomic E-state index is 0.0869. The van der Waals surface area contributed by atoms with Gasteiger partial charge in [-0.2, -0.15) is 13.2 Å². The number of pyridine rings is 1. The van der Waals surface area contributed by atoms with Crippen LogP contribution in [0.2, 0.25) is 0 Å². The monoisotopic (exact) mass is 435 g/mol. The Hall–Kier alpha value is -3.30. The zero-order valence-corrected chi connectivity index (χ0v) is 17.1. The second-order valence-electron chi connectivity index (χ2n) is 7.00. The van der Waals surface area contributed by atoms with E-state index in [-0.39, 0.29) is 11.8 Å². The molecule has 1 fully saturated rings. The number of amides is 1. The number of guanidine groups is 1. The van der Waals surface area contributed by atoms with Crippen LogP contribution < -0.4 is 20.3 Å².